The van der Waals surface area contributed by atoms with E-state index in [1.807, 2.05) is 12.1 Å². The Hall–Kier alpha value is -0.440. The lowest BCUT2D eigenvalue weighted by atomic mass is 9.99. The topological polar surface area (TPSA) is 21.3 Å². The molecule has 2 nitrogen and oxygen atoms in total. The Morgan fingerprint density at radius 1 is 1.47 bits per heavy atom. The summed E-state index contributed by atoms with van der Waals surface area (Å²) in [5.41, 5.74) is 1.29. The minimum absolute atomic E-state index is 0. The van der Waals surface area contributed by atoms with Gasteiger partial charge in [0.1, 0.15) is 11.9 Å². The fourth-order valence-corrected chi connectivity index (χ4v) is 2.49. The van der Waals surface area contributed by atoms with Gasteiger partial charge in [-0.3, -0.25) is 0 Å². The molecule has 1 heterocycles. The summed E-state index contributed by atoms with van der Waals surface area (Å²) < 4.78 is 5.96. The zero-order valence-corrected chi connectivity index (χ0v) is 13.2. The van der Waals surface area contributed by atoms with Crippen molar-refractivity contribution in [2.24, 2.45) is 0 Å². The lowest BCUT2D eigenvalue weighted by molar-refractivity contribution is 0.167. The number of nitrogens with one attached hydrogen (secondary N) is 1. The molecule has 1 N–H and O–H groups in total. The zero-order valence-electron chi connectivity index (χ0n) is 11.6. The molecule has 0 amide bonds. The zero-order chi connectivity index (χ0) is 13.0. The fraction of sp³-hybridized carbons (Fsp3) is 0.600. The minimum atomic E-state index is 0. The van der Waals surface area contributed by atoms with E-state index < -0.39 is 0 Å². The number of piperidine rings is 1. The molecule has 0 bridgehead atoms. The van der Waals surface area contributed by atoms with Crippen molar-refractivity contribution < 1.29 is 4.74 Å². The van der Waals surface area contributed by atoms with Crippen LogP contribution in [0.2, 0.25) is 5.02 Å². The van der Waals surface area contributed by atoms with Gasteiger partial charge in [-0.15, -0.1) is 12.4 Å². The van der Waals surface area contributed by atoms with Crippen molar-refractivity contribution in [1.29, 1.82) is 0 Å². The van der Waals surface area contributed by atoms with E-state index in [2.05, 4.69) is 25.2 Å². The molecule has 2 unspecified atom stereocenters. The number of hydrogen-bond acceptors (Lipinski definition) is 2. The Kier molecular flexibility index (Phi) is 6.98. The summed E-state index contributed by atoms with van der Waals surface area (Å²) in [4.78, 5) is 0. The summed E-state index contributed by atoms with van der Waals surface area (Å²) >= 11 is 6.30. The van der Waals surface area contributed by atoms with Crippen molar-refractivity contribution in [2.45, 2.75) is 45.1 Å². The molecule has 0 aliphatic carbocycles. The SMILES string of the molecule is CCC(C)c1ccc(OC2CCCNC2)c(Cl)c1.Cl. The summed E-state index contributed by atoms with van der Waals surface area (Å²) in [5, 5.41) is 4.08. The predicted octanol–water partition coefficient (Wildman–Crippen LogP) is 4.41. The van der Waals surface area contributed by atoms with E-state index in [0.29, 0.717) is 5.92 Å². The Morgan fingerprint density at radius 2 is 2.26 bits per heavy atom. The van der Waals surface area contributed by atoms with Gasteiger partial charge in [0.25, 0.3) is 0 Å². The van der Waals surface area contributed by atoms with Gasteiger partial charge in [0, 0.05) is 6.54 Å². The summed E-state index contributed by atoms with van der Waals surface area (Å²) in [6.45, 7) is 6.43. The Morgan fingerprint density at radius 3 is 2.84 bits per heavy atom. The van der Waals surface area contributed by atoms with E-state index in [1.54, 1.807) is 0 Å². The summed E-state index contributed by atoms with van der Waals surface area (Å²) in [7, 11) is 0. The quantitative estimate of drug-likeness (QED) is 0.890. The monoisotopic (exact) mass is 303 g/mol. The molecule has 4 heteroatoms. The normalized spacial score (nSPS) is 20.5. The average molecular weight is 304 g/mol. The average Bonchev–Trinajstić information content (AvgIpc) is 2.41. The van der Waals surface area contributed by atoms with Gasteiger partial charge in [-0.25, -0.2) is 0 Å². The maximum absolute atomic E-state index is 6.30. The van der Waals surface area contributed by atoms with Crippen LogP contribution in [0, 0.1) is 0 Å². The van der Waals surface area contributed by atoms with Crippen LogP contribution in [-0.4, -0.2) is 19.2 Å². The third kappa shape index (κ3) is 4.55. The first-order valence-corrected chi connectivity index (χ1v) is 7.25. The van der Waals surface area contributed by atoms with E-state index in [4.69, 9.17) is 16.3 Å². The Labute approximate surface area is 127 Å². The molecule has 1 aliphatic heterocycles. The summed E-state index contributed by atoms with van der Waals surface area (Å²) in [6, 6.07) is 6.19. The molecule has 1 aliphatic rings. The number of hydrogen-bond donors (Lipinski definition) is 1. The second-order valence-electron chi connectivity index (χ2n) is 5.09. The molecular weight excluding hydrogens is 281 g/mol. The Bertz CT molecular complexity index is 392. The van der Waals surface area contributed by atoms with Crippen molar-refractivity contribution in [1.82, 2.24) is 5.32 Å². The maximum Gasteiger partial charge on any atom is 0.138 e. The van der Waals surface area contributed by atoms with Crippen molar-refractivity contribution >= 4 is 24.0 Å². The number of halogens is 2. The van der Waals surface area contributed by atoms with Gasteiger partial charge in [0.2, 0.25) is 0 Å². The maximum atomic E-state index is 6.30. The lowest BCUT2D eigenvalue weighted by Gasteiger charge is -2.24. The second kappa shape index (κ2) is 7.98. The van der Waals surface area contributed by atoms with E-state index >= 15 is 0 Å². The molecule has 19 heavy (non-hydrogen) atoms. The van der Waals surface area contributed by atoms with Crippen molar-refractivity contribution in [3.63, 3.8) is 0 Å². The van der Waals surface area contributed by atoms with E-state index in [9.17, 15) is 0 Å². The first-order valence-electron chi connectivity index (χ1n) is 6.87. The van der Waals surface area contributed by atoms with Crippen LogP contribution in [0.15, 0.2) is 18.2 Å². The first kappa shape index (κ1) is 16.6. The molecule has 0 radical (unpaired) electrons. The van der Waals surface area contributed by atoms with Crippen LogP contribution in [0.1, 0.15) is 44.6 Å². The molecule has 1 fully saturated rings. The van der Waals surface area contributed by atoms with Gasteiger partial charge in [0.15, 0.2) is 0 Å². The Balaban J connectivity index is 0.00000180. The standard InChI is InChI=1S/C15H22ClNO.ClH/c1-3-11(2)12-6-7-15(14(16)9-12)18-13-5-4-8-17-10-13;/h6-7,9,11,13,17H,3-5,8,10H2,1-2H3;1H. The minimum Gasteiger partial charge on any atom is -0.488 e. The van der Waals surface area contributed by atoms with Crippen LogP contribution in [0.25, 0.3) is 0 Å². The third-order valence-electron chi connectivity index (χ3n) is 3.68. The van der Waals surface area contributed by atoms with E-state index in [-0.39, 0.29) is 18.5 Å². The second-order valence-corrected chi connectivity index (χ2v) is 5.49. The van der Waals surface area contributed by atoms with Gasteiger partial charge in [-0.2, -0.15) is 0 Å². The highest BCUT2D eigenvalue weighted by Crippen LogP contribution is 2.30. The van der Waals surface area contributed by atoms with Gasteiger partial charge >= 0.3 is 0 Å². The van der Waals surface area contributed by atoms with Crippen LogP contribution >= 0.6 is 24.0 Å². The van der Waals surface area contributed by atoms with Crippen LogP contribution < -0.4 is 10.1 Å². The van der Waals surface area contributed by atoms with Gasteiger partial charge in [0.05, 0.1) is 5.02 Å². The molecule has 0 saturated carbocycles. The van der Waals surface area contributed by atoms with Crippen molar-refractivity contribution in [2.75, 3.05) is 13.1 Å². The van der Waals surface area contributed by atoms with Crippen LogP contribution in [0.3, 0.4) is 0 Å². The first-order chi connectivity index (χ1) is 8.70. The number of rotatable bonds is 4. The van der Waals surface area contributed by atoms with Gasteiger partial charge < -0.3 is 10.1 Å². The van der Waals surface area contributed by atoms with Crippen molar-refractivity contribution in [3.8, 4) is 5.75 Å². The van der Waals surface area contributed by atoms with Crippen LogP contribution in [0.4, 0.5) is 0 Å². The predicted molar refractivity (Wildman–Crippen MR) is 83.9 cm³/mol. The number of ether oxygens (including phenoxy) is 1. The molecule has 108 valence electrons. The highest BCUT2D eigenvalue weighted by atomic mass is 35.5. The molecule has 0 aromatic heterocycles. The van der Waals surface area contributed by atoms with Crippen molar-refractivity contribution in [3.05, 3.63) is 28.8 Å². The summed E-state index contributed by atoms with van der Waals surface area (Å²) in [6.07, 6.45) is 3.66. The smallest absolute Gasteiger partial charge is 0.138 e. The van der Waals surface area contributed by atoms with E-state index in [0.717, 1.165) is 36.7 Å². The highest BCUT2D eigenvalue weighted by molar-refractivity contribution is 6.32. The molecule has 1 aromatic carbocycles. The largest absolute Gasteiger partial charge is 0.488 e. The lowest BCUT2D eigenvalue weighted by Crippen LogP contribution is -2.37. The highest BCUT2D eigenvalue weighted by Gasteiger charge is 2.16. The van der Waals surface area contributed by atoms with Crippen LogP contribution in [0.5, 0.6) is 5.75 Å². The summed E-state index contributed by atoms with van der Waals surface area (Å²) in [5.74, 6) is 1.37. The van der Waals surface area contributed by atoms with Gasteiger partial charge in [-0.05, 0) is 49.4 Å². The molecule has 0 spiro atoms. The number of benzene rings is 1. The molecule has 2 rings (SSSR count). The molecule has 2 atom stereocenters. The van der Waals surface area contributed by atoms with E-state index in [1.165, 1.54) is 12.0 Å². The fourth-order valence-electron chi connectivity index (χ4n) is 2.25. The third-order valence-corrected chi connectivity index (χ3v) is 3.98. The van der Waals surface area contributed by atoms with Crippen LogP contribution in [-0.2, 0) is 0 Å². The van der Waals surface area contributed by atoms with Gasteiger partial charge in [-0.1, -0.05) is 31.5 Å². The molecule has 1 saturated heterocycles. The molecular formula is C15H23Cl2NO. The molecule has 1 aromatic rings.